The minimum Gasteiger partial charge on any atom is -0.369 e. The van der Waals surface area contributed by atoms with Gasteiger partial charge in [0.1, 0.15) is 0 Å². The summed E-state index contributed by atoms with van der Waals surface area (Å²) in [5.41, 5.74) is 7.02. The van der Waals surface area contributed by atoms with Gasteiger partial charge in [0, 0.05) is 0 Å². The fourth-order valence-corrected chi connectivity index (χ4v) is 1.43. The second-order valence-corrected chi connectivity index (χ2v) is 4.77. The first-order valence-corrected chi connectivity index (χ1v) is 5.26. The summed E-state index contributed by atoms with van der Waals surface area (Å²) in [6, 6.07) is 8.08. The molecule has 2 nitrogen and oxygen atoms in total. The van der Waals surface area contributed by atoms with Crippen molar-refractivity contribution in [3.05, 3.63) is 35.4 Å². The summed E-state index contributed by atoms with van der Waals surface area (Å²) < 4.78 is 0. The van der Waals surface area contributed by atoms with E-state index >= 15 is 0 Å². The first kappa shape index (κ1) is 11.8. The van der Waals surface area contributed by atoms with Gasteiger partial charge in [-0.05, 0) is 30.9 Å². The maximum Gasteiger partial charge on any atom is 0.227 e. The summed E-state index contributed by atoms with van der Waals surface area (Å²) in [5.74, 6) is 0.178. The molecule has 1 aromatic rings. The lowest BCUT2D eigenvalue weighted by atomic mass is 9.82. The molecule has 15 heavy (non-hydrogen) atoms. The number of hydrogen-bond acceptors (Lipinski definition) is 1. The summed E-state index contributed by atoms with van der Waals surface area (Å²) in [7, 11) is 0. The predicted octanol–water partition coefficient (Wildman–Crippen LogP) is 2.57. The van der Waals surface area contributed by atoms with Gasteiger partial charge >= 0.3 is 0 Å². The molecule has 0 aliphatic rings. The van der Waals surface area contributed by atoms with Crippen LogP contribution in [0.25, 0.3) is 0 Å². The maximum absolute atomic E-state index is 11.3. The zero-order valence-electron chi connectivity index (χ0n) is 9.87. The van der Waals surface area contributed by atoms with Crippen LogP contribution in [0.15, 0.2) is 24.3 Å². The van der Waals surface area contributed by atoms with Gasteiger partial charge in [-0.25, -0.2) is 0 Å². The number of rotatable bonds is 3. The molecular formula is C13H19NO. The standard InChI is InChI=1S/C13H19NO/c1-9(2)10-6-5-7-11(8-10)13(3,4)12(14)15/h5-9H,1-4H3,(H2,14,15). The number of benzene rings is 1. The predicted molar refractivity (Wildman–Crippen MR) is 62.8 cm³/mol. The smallest absolute Gasteiger partial charge is 0.227 e. The fourth-order valence-electron chi connectivity index (χ4n) is 1.43. The Balaban J connectivity index is 3.16. The van der Waals surface area contributed by atoms with Crippen LogP contribution < -0.4 is 5.73 Å². The lowest BCUT2D eigenvalue weighted by Crippen LogP contribution is -2.35. The Kier molecular flexibility index (Phi) is 3.18. The fraction of sp³-hybridized carbons (Fsp3) is 0.462. The van der Waals surface area contributed by atoms with Crippen LogP contribution in [0, 0.1) is 0 Å². The van der Waals surface area contributed by atoms with Crippen molar-refractivity contribution in [1.29, 1.82) is 0 Å². The average Bonchev–Trinajstić information content (AvgIpc) is 2.17. The number of amides is 1. The zero-order valence-corrected chi connectivity index (χ0v) is 9.87. The Bertz CT molecular complexity index is 367. The highest BCUT2D eigenvalue weighted by molar-refractivity contribution is 5.85. The average molecular weight is 205 g/mol. The van der Waals surface area contributed by atoms with Crippen LogP contribution in [0.2, 0.25) is 0 Å². The Morgan fingerprint density at radius 1 is 1.33 bits per heavy atom. The van der Waals surface area contributed by atoms with Gasteiger partial charge < -0.3 is 5.73 Å². The molecular weight excluding hydrogens is 186 g/mol. The molecule has 0 heterocycles. The van der Waals surface area contributed by atoms with Crippen molar-refractivity contribution in [2.45, 2.75) is 39.0 Å². The molecule has 2 N–H and O–H groups in total. The van der Waals surface area contributed by atoms with Crippen molar-refractivity contribution in [1.82, 2.24) is 0 Å². The number of hydrogen-bond donors (Lipinski definition) is 1. The summed E-state index contributed by atoms with van der Waals surface area (Å²) in [4.78, 5) is 11.3. The first-order valence-electron chi connectivity index (χ1n) is 5.26. The number of carbonyl (C=O) groups excluding carboxylic acids is 1. The van der Waals surface area contributed by atoms with E-state index in [0.29, 0.717) is 5.92 Å². The highest BCUT2D eigenvalue weighted by atomic mass is 16.1. The third-order valence-electron chi connectivity index (χ3n) is 2.89. The molecule has 0 fully saturated rings. The molecule has 0 atom stereocenters. The van der Waals surface area contributed by atoms with E-state index < -0.39 is 5.41 Å². The number of primary amides is 1. The molecule has 1 aromatic carbocycles. The maximum atomic E-state index is 11.3. The molecule has 0 aromatic heterocycles. The van der Waals surface area contributed by atoms with Crippen LogP contribution in [-0.4, -0.2) is 5.91 Å². The Morgan fingerprint density at radius 2 is 1.93 bits per heavy atom. The zero-order chi connectivity index (χ0) is 11.6. The summed E-state index contributed by atoms with van der Waals surface area (Å²) in [5, 5.41) is 0. The van der Waals surface area contributed by atoms with E-state index in [1.165, 1.54) is 5.56 Å². The second kappa shape index (κ2) is 4.05. The van der Waals surface area contributed by atoms with E-state index in [-0.39, 0.29) is 5.91 Å². The summed E-state index contributed by atoms with van der Waals surface area (Å²) in [6.45, 7) is 7.98. The van der Waals surface area contributed by atoms with Gasteiger partial charge in [0.2, 0.25) is 5.91 Å². The molecule has 0 aliphatic heterocycles. The highest BCUT2D eigenvalue weighted by Gasteiger charge is 2.27. The normalized spacial score (nSPS) is 11.8. The molecule has 0 bridgehead atoms. The molecule has 0 aliphatic carbocycles. The van der Waals surface area contributed by atoms with Crippen molar-refractivity contribution in [3.63, 3.8) is 0 Å². The van der Waals surface area contributed by atoms with Crippen molar-refractivity contribution in [2.75, 3.05) is 0 Å². The van der Waals surface area contributed by atoms with Crippen LogP contribution in [0.4, 0.5) is 0 Å². The summed E-state index contributed by atoms with van der Waals surface area (Å²) in [6.07, 6.45) is 0. The Hall–Kier alpha value is -1.31. The molecule has 0 saturated carbocycles. The SMILES string of the molecule is CC(C)c1cccc(C(C)(C)C(N)=O)c1. The molecule has 2 heteroatoms. The van der Waals surface area contributed by atoms with E-state index in [1.807, 2.05) is 26.0 Å². The molecule has 1 rings (SSSR count). The molecule has 0 radical (unpaired) electrons. The lowest BCUT2D eigenvalue weighted by molar-refractivity contribution is -0.122. The molecule has 82 valence electrons. The van der Waals surface area contributed by atoms with Crippen LogP contribution in [0.5, 0.6) is 0 Å². The monoisotopic (exact) mass is 205 g/mol. The van der Waals surface area contributed by atoms with E-state index in [4.69, 9.17) is 5.73 Å². The van der Waals surface area contributed by atoms with Gasteiger partial charge in [-0.15, -0.1) is 0 Å². The molecule has 0 spiro atoms. The van der Waals surface area contributed by atoms with Gasteiger partial charge in [-0.1, -0.05) is 38.1 Å². The van der Waals surface area contributed by atoms with Gasteiger partial charge in [0.15, 0.2) is 0 Å². The topological polar surface area (TPSA) is 43.1 Å². The third-order valence-corrected chi connectivity index (χ3v) is 2.89. The van der Waals surface area contributed by atoms with Gasteiger partial charge in [-0.3, -0.25) is 4.79 Å². The van der Waals surface area contributed by atoms with Crippen LogP contribution >= 0.6 is 0 Å². The highest BCUT2D eigenvalue weighted by Crippen LogP contribution is 2.25. The lowest BCUT2D eigenvalue weighted by Gasteiger charge is -2.22. The van der Waals surface area contributed by atoms with E-state index in [9.17, 15) is 4.79 Å². The first-order chi connectivity index (χ1) is 6.85. The van der Waals surface area contributed by atoms with Crippen molar-refractivity contribution in [2.24, 2.45) is 5.73 Å². The Morgan fingerprint density at radius 3 is 2.40 bits per heavy atom. The van der Waals surface area contributed by atoms with Crippen LogP contribution in [0.1, 0.15) is 44.7 Å². The summed E-state index contributed by atoms with van der Waals surface area (Å²) >= 11 is 0. The van der Waals surface area contributed by atoms with Gasteiger partial charge in [0.05, 0.1) is 5.41 Å². The van der Waals surface area contributed by atoms with Crippen molar-refractivity contribution < 1.29 is 4.79 Å². The minimum atomic E-state index is -0.592. The van der Waals surface area contributed by atoms with E-state index in [0.717, 1.165) is 5.56 Å². The van der Waals surface area contributed by atoms with E-state index in [2.05, 4.69) is 26.0 Å². The van der Waals surface area contributed by atoms with Crippen molar-refractivity contribution >= 4 is 5.91 Å². The largest absolute Gasteiger partial charge is 0.369 e. The van der Waals surface area contributed by atoms with E-state index in [1.54, 1.807) is 0 Å². The molecule has 1 amide bonds. The molecule has 0 saturated heterocycles. The van der Waals surface area contributed by atoms with Gasteiger partial charge in [0.25, 0.3) is 0 Å². The third kappa shape index (κ3) is 2.38. The minimum absolute atomic E-state index is 0.289. The number of nitrogens with two attached hydrogens (primary N) is 1. The van der Waals surface area contributed by atoms with Gasteiger partial charge in [-0.2, -0.15) is 0 Å². The second-order valence-electron chi connectivity index (χ2n) is 4.77. The van der Waals surface area contributed by atoms with Crippen LogP contribution in [0.3, 0.4) is 0 Å². The van der Waals surface area contributed by atoms with Crippen LogP contribution in [-0.2, 0) is 10.2 Å². The quantitative estimate of drug-likeness (QED) is 0.809. The van der Waals surface area contributed by atoms with Crippen molar-refractivity contribution in [3.8, 4) is 0 Å². The Labute approximate surface area is 91.5 Å². The number of carbonyl (C=O) groups is 1. The molecule has 0 unspecified atom stereocenters.